The summed E-state index contributed by atoms with van der Waals surface area (Å²) in [6.07, 6.45) is 0. The molecule has 1 N–H and O–H groups in total. The van der Waals surface area contributed by atoms with Gasteiger partial charge in [-0.25, -0.2) is 0 Å². The Hall–Kier alpha value is -0.590. The van der Waals surface area contributed by atoms with Crippen molar-refractivity contribution in [3.63, 3.8) is 0 Å². The maximum absolute atomic E-state index is 10.6. The molecule has 0 spiro atoms. The monoisotopic (exact) mass is 291 g/mol. The van der Waals surface area contributed by atoms with Gasteiger partial charge >= 0.3 is 0 Å². The molecule has 15 heavy (non-hydrogen) atoms. The molecule has 0 heterocycles. The predicted molar refractivity (Wildman–Crippen MR) is 63.3 cm³/mol. The van der Waals surface area contributed by atoms with Crippen molar-refractivity contribution in [2.24, 2.45) is 0 Å². The number of nitro groups is 1. The first-order valence-electron chi connectivity index (χ1n) is 4.24. The van der Waals surface area contributed by atoms with E-state index in [-0.39, 0.29) is 12.3 Å². The molecule has 82 valence electrons. The highest BCUT2D eigenvalue weighted by Gasteiger charge is 2.13. The van der Waals surface area contributed by atoms with E-state index in [1.807, 2.05) is 0 Å². The van der Waals surface area contributed by atoms with Crippen LogP contribution in [0.15, 0.2) is 21.5 Å². The number of nitro benzene ring substituents is 1. The van der Waals surface area contributed by atoms with Gasteiger partial charge in [0.15, 0.2) is 0 Å². The molecule has 0 amide bonds. The van der Waals surface area contributed by atoms with Crippen molar-refractivity contribution in [1.82, 2.24) is 0 Å². The zero-order chi connectivity index (χ0) is 11.4. The largest absolute Gasteiger partial charge is 0.396 e. The fourth-order valence-corrected chi connectivity index (χ4v) is 2.55. The number of halogens is 1. The van der Waals surface area contributed by atoms with E-state index in [2.05, 4.69) is 15.9 Å². The van der Waals surface area contributed by atoms with E-state index in [0.29, 0.717) is 15.8 Å². The fourth-order valence-electron chi connectivity index (χ4n) is 1.11. The summed E-state index contributed by atoms with van der Waals surface area (Å²) >= 11 is 4.74. The number of rotatable bonds is 4. The summed E-state index contributed by atoms with van der Waals surface area (Å²) in [5, 5.41) is 19.3. The first-order chi connectivity index (χ1) is 7.06. The third-order valence-electron chi connectivity index (χ3n) is 1.80. The molecule has 0 bridgehead atoms. The van der Waals surface area contributed by atoms with E-state index in [4.69, 9.17) is 5.11 Å². The van der Waals surface area contributed by atoms with Gasteiger partial charge in [-0.1, -0.05) is 0 Å². The predicted octanol–water partition coefficient (Wildman–Crippen LogP) is 2.75. The summed E-state index contributed by atoms with van der Waals surface area (Å²) in [7, 11) is 0. The molecule has 0 aliphatic rings. The SMILES string of the molecule is Cc1cc(SCCO)c(Br)cc1[N+](=O)[O-]. The van der Waals surface area contributed by atoms with Gasteiger partial charge in [0.25, 0.3) is 5.69 Å². The average Bonchev–Trinajstić information content (AvgIpc) is 2.18. The molecule has 0 atom stereocenters. The van der Waals surface area contributed by atoms with E-state index >= 15 is 0 Å². The van der Waals surface area contributed by atoms with Gasteiger partial charge in [-0.15, -0.1) is 11.8 Å². The summed E-state index contributed by atoms with van der Waals surface area (Å²) in [6, 6.07) is 3.25. The highest BCUT2D eigenvalue weighted by atomic mass is 79.9. The van der Waals surface area contributed by atoms with Crippen LogP contribution in [-0.2, 0) is 0 Å². The third kappa shape index (κ3) is 3.19. The molecule has 0 aromatic heterocycles. The number of aryl methyl sites for hydroxylation is 1. The van der Waals surface area contributed by atoms with Crippen LogP contribution in [0.5, 0.6) is 0 Å². The molecule has 1 rings (SSSR count). The zero-order valence-corrected chi connectivity index (χ0v) is 10.5. The van der Waals surface area contributed by atoms with Crippen molar-refractivity contribution in [3.8, 4) is 0 Å². The first-order valence-corrected chi connectivity index (χ1v) is 6.02. The normalized spacial score (nSPS) is 10.3. The second kappa shape index (κ2) is 5.48. The van der Waals surface area contributed by atoms with E-state index < -0.39 is 4.92 Å². The maximum atomic E-state index is 10.6. The lowest BCUT2D eigenvalue weighted by Gasteiger charge is -2.05. The van der Waals surface area contributed by atoms with Crippen LogP contribution in [0.2, 0.25) is 0 Å². The summed E-state index contributed by atoms with van der Waals surface area (Å²) in [5.74, 6) is 0.579. The molecule has 0 unspecified atom stereocenters. The number of benzene rings is 1. The van der Waals surface area contributed by atoms with Crippen molar-refractivity contribution in [3.05, 3.63) is 32.3 Å². The standard InChI is InChI=1S/C9H10BrNO3S/c1-6-4-9(15-3-2-12)7(10)5-8(6)11(13)14/h4-5,12H,2-3H2,1H3. The average molecular weight is 292 g/mol. The molecular weight excluding hydrogens is 282 g/mol. The van der Waals surface area contributed by atoms with Crippen LogP contribution >= 0.6 is 27.7 Å². The van der Waals surface area contributed by atoms with Crippen molar-refractivity contribution in [2.45, 2.75) is 11.8 Å². The Morgan fingerprint density at radius 2 is 2.27 bits per heavy atom. The van der Waals surface area contributed by atoms with Crippen LogP contribution in [0.4, 0.5) is 5.69 Å². The minimum Gasteiger partial charge on any atom is -0.396 e. The molecule has 0 saturated heterocycles. The molecule has 0 fully saturated rings. The highest BCUT2D eigenvalue weighted by Crippen LogP contribution is 2.33. The van der Waals surface area contributed by atoms with E-state index in [1.165, 1.54) is 17.8 Å². The van der Waals surface area contributed by atoms with Gasteiger partial charge in [-0.2, -0.15) is 0 Å². The van der Waals surface area contributed by atoms with Crippen molar-refractivity contribution in [1.29, 1.82) is 0 Å². The number of hydrogen-bond donors (Lipinski definition) is 1. The summed E-state index contributed by atoms with van der Waals surface area (Å²) in [4.78, 5) is 11.1. The van der Waals surface area contributed by atoms with Crippen LogP contribution in [0.1, 0.15) is 5.56 Å². The Bertz CT molecular complexity index is 384. The Labute approximate surface area is 100.0 Å². The van der Waals surface area contributed by atoms with Gasteiger partial charge in [0.1, 0.15) is 0 Å². The Kier molecular flexibility index (Phi) is 4.56. The molecule has 1 aromatic rings. The minimum absolute atomic E-state index is 0.0904. The van der Waals surface area contributed by atoms with Crippen LogP contribution in [0.3, 0.4) is 0 Å². The highest BCUT2D eigenvalue weighted by molar-refractivity contribution is 9.10. The second-order valence-corrected chi connectivity index (χ2v) is 4.89. The Morgan fingerprint density at radius 1 is 1.60 bits per heavy atom. The number of hydrogen-bond acceptors (Lipinski definition) is 4. The molecule has 1 aromatic carbocycles. The number of aliphatic hydroxyl groups is 1. The lowest BCUT2D eigenvalue weighted by Crippen LogP contribution is -1.93. The zero-order valence-electron chi connectivity index (χ0n) is 8.07. The molecule has 6 heteroatoms. The second-order valence-electron chi connectivity index (χ2n) is 2.90. The first kappa shape index (κ1) is 12.5. The van der Waals surface area contributed by atoms with E-state index in [1.54, 1.807) is 13.0 Å². The van der Waals surface area contributed by atoms with Gasteiger partial charge in [-0.3, -0.25) is 10.1 Å². The number of aliphatic hydroxyl groups excluding tert-OH is 1. The molecule has 0 radical (unpaired) electrons. The van der Waals surface area contributed by atoms with Gasteiger partial charge in [0.05, 0.1) is 11.5 Å². The van der Waals surface area contributed by atoms with Crippen molar-refractivity contribution in [2.75, 3.05) is 12.4 Å². The van der Waals surface area contributed by atoms with Crippen molar-refractivity contribution < 1.29 is 10.0 Å². The van der Waals surface area contributed by atoms with Crippen LogP contribution in [-0.4, -0.2) is 22.4 Å². The van der Waals surface area contributed by atoms with Crippen LogP contribution < -0.4 is 0 Å². The summed E-state index contributed by atoms with van der Waals surface area (Å²) in [5.41, 5.74) is 0.735. The molecule has 4 nitrogen and oxygen atoms in total. The molecule has 0 aliphatic carbocycles. The Morgan fingerprint density at radius 3 is 2.80 bits per heavy atom. The molecule has 0 saturated carbocycles. The van der Waals surface area contributed by atoms with E-state index in [9.17, 15) is 10.1 Å². The lowest BCUT2D eigenvalue weighted by atomic mass is 10.2. The van der Waals surface area contributed by atoms with Crippen molar-refractivity contribution >= 4 is 33.4 Å². The number of nitrogens with zero attached hydrogens (tertiary/aromatic N) is 1. The van der Waals surface area contributed by atoms with E-state index in [0.717, 1.165) is 4.90 Å². The smallest absolute Gasteiger partial charge is 0.273 e. The topological polar surface area (TPSA) is 63.4 Å². The fraction of sp³-hybridized carbons (Fsp3) is 0.333. The minimum atomic E-state index is -0.402. The lowest BCUT2D eigenvalue weighted by molar-refractivity contribution is -0.385. The van der Waals surface area contributed by atoms with Gasteiger partial charge < -0.3 is 5.11 Å². The van der Waals surface area contributed by atoms with Gasteiger partial charge in [-0.05, 0) is 28.9 Å². The third-order valence-corrected chi connectivity index (χ3v) is 3.75. The van der Waals surface area contributed by atoms with Gasteiger partial charge in [0, 0.05) is 26.8 Å². The summed E-state index contributed by atoms with van der Waals surface area (Å²) < 4.78 is 0.693. The van der Waals surface area contributed by atoms with Crippen LogP contribution in [0.25, 0.3) is 0 Å². The number of thioether (sulfide) groups is 1. The molecule has 0 aliphatic heterocycles. The maximum Gasteiger partial charge on any atom is 0.273 e. The van der Waals surface area contributed by atoms with Gasteiger partial charge in [0.2, 0.25) is 0 Å². The van der Waals surface area contributed by atoms with Crippen LogP contribution in [0, 0.1) is 17.0 Å². The quantitative estimate of drug-likeness (QED) is 0.526. The summed E-state index contributed by atoms with van der Waals surface area (Å²) in [6.45, 7) is 1.79. The molecular formula is C9H10BrNO3S. The Balaban J connectivity index is 3.02.